The first-order valence-corrected chi connectivity index (χ1v) is 7.11. The zero-order valence-corrected chi connectivity index (χ0v) is 11.5. The maximum atomic E-state index is 12.2. The van der Waals surface area contributed by atoms with E-state index in [-0.39, 0.29) is 17.7 Å². The van der Waals surface area contributed by atoms with Gasteiger partial charge in [0.1, 0.15) is 17.6 Å². The smallest absolute Gasteiger partial charge is 0.387 e. The first kappa shape index (κ1) is 14.0. The van der Waals surface area contributed by atoms with Crippen molar-refractivity contribution in [3.63, 3.8) is 0 Å². The van der Waals surface area contributed by atoms with Gasteiger partial charge in [0.2, 0.25) is 5.91 Å². The van der Waals surface area contributed by atoms with E-state index in [1.807, 2.05) is 4.90 Å². The van der Waals surface area contributed by atoms with Crippen LogP contribution in [0.15, 0.2) is 18.3 Å². The van der Waals surface area contributed by atoms with Crippen LogP contribution < -0.4 is 15.0 Å². The molecule has 3 rings (SSSR count). The molecule has 1 aromatic heterocycles. The summed E-state index contributed by atoms with van der Waals surface area (Å²) in [5.74, 6) is 0.668. The molecular weight excluding hydrogens is 280 g/mol. The second-order valence-electron chi connectivity index (χ2n) is 5.36. The maximum Gasteiger partial charge on any atom is 0.387 e. The van der Waals surface area contributed by atoms with Gasteiger partial charge in [-0.3, -0.25) is 4.79 Å². The van der Waals surface area contributed by atoms with E-state index in [1.54, 1.807) is 6.07 Å². The lowest BCUT2D eigenvalue weighted by atomic mass is 10.2. The molecule has 2 heterocycles. The van der Waals surface area contributed by atoms with Gasteiger partial charge in [-0.2, -0.15) is 8.78 Å². The van der Waals surface area contributed by atoms with Gasteiger partial charge in [-0.15, -0.1) is 0 Å². The summed E-state index contributed by atoms with van der Waals surface area (Å²) in [5.41, 5.74) is 0. The van der Waals surface area contributed by atoms with E-state index < -0.39 is 6.61 Å². The summed E-state index contributed by atoms with van der Waals surface area (Å²) in [6.45, 7) is -2.12. The molecule has 1 saturated heterocycles. The number of alkyl halides is 2. The summed E-state index contributed by atoms with van der Waals surface area (Å²) >= 11 is 0. The summed E-state index contributed by atoms with van der Waals surface area (Å²) in [4.78, 5) is 18.2. The Balaban J connectivity index is 1.67. The van der Waals surface area contributed by atoms with E-state index >= 15 is 0 Å². The van der Waals surface area contributed by atoms with Crippen molar-refractivity contribution in [3.05, 3.63) is 18.3 Å². The number of carbonyl (C=O) groups is 1. The number of ether oxygens (including phenoxy) is 1. The largest absolute Gasteiger partial charge is 0.433 e. The minimum absolute atomic E-state index is 0.0203. The van der Waals surface area contributed by atoms with E-state index in [9.17, 15) is 13.6 Å². The van der Waals surface area contributed by atoms with E-state index in [0.717, 1.165) is 32.2 Å². The molecule has 0 spiro atoms. The third-order valence-electron chi connectivity index (χ3n) is 3.72. The van der Waals surface area contributed by atoms with Gasteiger partial charge in [-0.05, 0) is 37.8 Å². The molecule has 5 nitrogen and oxygen atoms in total. The second-order valence-corrected chi connectivity index (χ2v) is 5.36. The topological polar surface area (TPSA) is 54.5 Å². The summed E-state index contributed by atoms with van der Waals surface area (Å²) in [6.07, 6.45) is 5.07. The molecule has 1 aliphatic heterocycles. The van der Waals surface area contributed by atoms with Crippen molar-refractivity contribution in [2.75, 3.05) is 11.4 Å². The van der Waals surface area contributed by atoms with E-state index in [4.69, 9.17) is 0 Å². The fourth-order valence-electron chi connectivity index (χ4n) is 2.55. The molecule has 1 unspecified atom stereocenters. The lowest BCUT2D eigenvalue weighted by molar-refractivity contribution is -0.122. The second kappa shape index (κ2) is 5.83. The van der Waals surface area contributed by atoms with Gasteiger partial charge in [0.05, 0.1) is 6.20 Å². The van der Waals surface area contributed by atoms with Gasteiger partial charge in [-0.1, -0.05) is 0 Å². The van der Waals surface area contributed by atoms with Gasteiger partial charge < -0.3 is 15.0 Å². The van der Waals surface area contributed by atoms with Crippen molar-refractivity contribution >= 4 is 11.7 Å². The van der Waals surface area contributed by atoms with Gasteiger partial charge in [0, 0.05) is 12.6 Å². The first-order valence-electron chi connectivity index (χ1n) is 7.11. The number of hydrogen-bond donors (Lipinski definition) is 1. The van der Waals surface area contributed by atoms with Crippen molar-refractivity contribution < 1.29 is 18.3 Å². The highest BCUT2D eigenvalue weighted by Gasteiger charge is 2.34. The lowest BCUT2D eigenvalue weighted by Gasteiger charge is -2.25. The zero-order valence-electron chi connectivity index (χ0n) is 11.5. The number of amides is 1. The Morgan fingerprint density at radius 2 is 2.19 bits per heavy atom. The monoisotopic (exact) mass is 297 g/mol. The average molecular weight is 297 g/mol. The van der Waals surface area contributed by atoms with Crippen LogP contribution in [0.3, 0.4) is 0 Å². The van der Waals surface area contributed by atoms with Gasteiger partial charge in [0.25, 0.3) is 0 Å². The minimum Gasteiger partial charge on any atom is -0.433 e. The molecule has 2 fully saturated rings. The van der Waals surface area contributed by atoms with Crippen LogP contribution in [0.25, 0.3) is 0 Å². The summed E-state index contributed by atoms with van der Waals surface area (Å²) in [6, 6.07) is 3.16. The normalized spacial score (nSPS) is 21.7. The average Bonchev–Trinajstić information content (AvgIpc) is 3.12. The van der Waals surface area contributed by atoms with E-state index in [0.29, 0.717) is 11.9 Å². The molecule has 1 N–H and O–H groups in total. The summed E-state index contributed by atoms with van der Waals surface area (Å²) in [7, 11) is 0. The Hall–Kier alpha value is -1.92. The Bertz CT molecular complexity index is 505. The van der Waals surface area contributed by atoms with Crippen LogP contribution in [0.4, 0.5) is 14.6 Å². The number of aromatic nitrogens is 1. The lowest BCUT2D eigenvalue weighted by Crippen LogP contribution is -2.44. The first-order chi connectivity index (χ1) is 10.1. The quantitative estimate of drug-likeness (QED) is 0.902. The third-order valence-corrected chi connectivity index (χ3v) is 3.72. The molecule has 0 bridgehead atoms. The molecular formula is C14H17F2N3O2. The Morgan fingerprint density at radius 3 is 2.81 bits per heavy atom. The summed E-state index contributed by atoms with van der Waals surface area (Å²) < 4.78 is 28.5. The van der Waals surface area contributed by atoms with Crippen LogP contribution >= 0.6 is 0 Å². The molecule has 0 radical (unpaired) electrons. The maximum absolute atomic E-state index is 12.2. The SMILES string of the molecule is O=C(NC1CC1)C1CCCN1c1ccc(OC(F)F)cn1. The third kappa shape index (κ3) is 3.40. The molecule has 0 aromatic carbocycles. The van der Waals surface area contributed by atoms with Crippen molar-refractivity contribution in [1.82, 2.24) is 10.3 Å². The van der Waals surface area contributed by atoms with Crippen LogP contribution in [0.5, 0.6) is 5.75 Å². The standard InChI is InChI=1S/C14H17F2N3O2/c15-14(16)21-10-5-6-12(17-8-10)19-7-1-2-11(19)13(20)18-9-3-4-9/h5-6,8-9,11,14H,1-4,7H2,(H,18,20). The highest BCUT2D eigenvalue weighted by atomic mass is 19.3. The number of nitrogens with one attached hydrogen (secondary N) is 1. The molecule has 1 saturated carbocycles. The fourth-order valence-corrected chi connectivity index (χ4v) is 2.55. The Morgan fingerprint density at radius 1 is 1.38 bits per heavy atom. The minimum atomic E-state index is -2.86. The van der Waals surface area contributed by atoms with Crippen LogP contribution in [0.2, 0.25) is 0 Å². The number of nitrogens with zero attached hydrogens (tertiary/aromatic N) is 2. The summed E-state index contributed by atoms with van der Waals surface area (Å²) in [5, 5.41) is 3.00. The number of halogens is 2. The molecule has 2 aliphatic rings. The van der Waals surface area contributed by atoms with E-state index in [2.05, 4.69) is 15.0 Å². The molecule has 21 heavy (non-hydrogen) atoms. The van der Waals surface area contributed by atoms with Crippen LogP contribution in [0.1, 0.15) is 25.7 Å². The van der Waals surface area contributed by atoms with Crippen LogP contribution in [-0.4, -0.2) is 36.1 Å². The van der Waals surface area contributed by atoms with Crippen molar-refractivity contribution in [1.29, 1.82) is 0 Å². The number of rotatable bonds is 5. The molecule has 1 aliphatic carbocycles. The van der Waals surface area contributed by atoms with Crippen molar-refractivity contribution in [2.24, 2.45) is 0 Å². The van der Waals surface area contributed by atoms with Crippen molar-refractivity contribution in [3.8, 4) is 5.75 Å². The van der Waals surface area contributed by atoms with Gasteiger partial charge >= 0.3 is 6.61 Å². The predicted octanol–water partition coefficient (Wildman–Crippen LogP) is 1.93. The predicted molar refractivity (Wildman–Crippen MR) is 72.4 cm³/mol. The van der Waals surface area contributed by atoms with Gasteiger partial charge in [-0.25, -0.2) is 4.98 Å². The number of hydrogen-bond acceptors (Lipinski definition) is 4. The van der Waals surface area contributed by atoms with Crippen LogP contribution in [-0.2, 0) is 4.79 Å². The number of pyridine rings is 1. The van der Waals surface area contributed by atoms with E-state index in [1.165, 1.54) is 12.3 Å². The number of carbonyl (C=O) groups excluding carboxylic acids is 1. The Kier molecular flexibility index (Phi) is 3.90. The number of anilines is 1. The fraction of sp³-hybridized carbons (Fsp3) is 0.571. The van der Waals surface area contributed by atoms with Gasteiger partial charge in [0.15, 0.2) is 0 Å². The zero-order chi connectivity index (χ0) is 14.8. The molecule has 1 atom stereocenters. The highest BCUT2D eigenvalue weighted by molar-refractivity contribution is 5.86. The molecule has 1 amide bonds. The Labute approximate surface area is 121 Å². The molecule has 114 valence electrons. The molecule has 1 aromatic rings. The van der Waals surface area contributed by atoms with Crippen LogP contribution in [0, 0.1) is 0 Å². The molecule has 7 heteroatoms. The van der Waals surface area contributed by atoms with Crippen molar-refractivity contribution in [2.45, 2.75) is 44.4 Å². The highest BCUT2D eigenvalue weighted by Crippen LogP contribution is 2.27.